The Bertz CT molecular complexity index is 348. The average molecular weight is 225 g/mol. The maximum atomic E-state index is 11.1. The molecule has 1 aromatic heterocycles. The lowest BCUT2D eigenvalue weighted by atomic mass is 10.1. The molecule has 0 amide bonds. The van der Waals surface area contributed by atoms with E-state index < -0.39 is 18.2 Å². The number of pyridine rings is 1. The standard InChI is InChI=1S/C11H15NO4/c1-7(13)10(14)5-8-3-4-9(12-6-8)11(15)16-2/h3-4,6-7,10,13-14H,5H2,1-2H3. The van der Waals surface area contributed by atoms with E-state index in [0.717, 1.165) is 5.56 Å². The number of carbonyl (C=O) groups is 1. The van der Waals surface area contributed by atoms with Gasteiger partial charge in [0.25, 0.3) is 0 Å². The smallest absolute Gasteiger partial charge is 0.356 e. The minimum atomic E-state index is -0.828. The average Bonchev–Trinajstić information content (AvgIpc) is 2.28. The van der Waals surface area contributed by atoms with E-state index >= 15 is 0 Å². The molecule has 5 heteroatoms. The van der Waals surface area contributed by atoms with Crippen LogP contribution in [-0.2, 0) is 11.2 Å². The van der Waals surface area contributed by atoms with Crippen LogP contribution in [0.3, 0.4) is 0 Å². The second-order valence-corrected chi connectivity index (χ2v) is 3.56. The normalized spacial score (nSPS) is 14.2. The third kappa shape index (κ3) is 3.29. The zero-order valence-electron chi connectivity index (χ0n) is 9.25. The molecule has 1 aromatic rings. The fraction of sp³-hybridized carbons (Fsp3) is 0.455. The Hall–Kier alpha value is -1.46. The molecule has 2 unspecified atom stereocenters. The van der Waals surface area contributed by atoms with E-state index in [0.29, 0.717) is 6.42 Å². The fourth-order valence-corrected chi connectivity index (χ4v) is 1.18. The highest BCUT2D eigenvalue weighted by atomic mass is 16.5. The predicted molar refractivity (Wildman–Crippen MR) is 57.0 cm³/mol. The molecule has 1 rings (SSSR count). The van der Waals surface area contributed by atoms with E-state index in [1.165, 1.54) is 26.3 Å². The summed E-state index contributed by atoms with van der Waals surface area (Å²) in [5.74, 6) is -0.498. The molecule has 0 aliphatic carbocycles. The Morgan fingerprint density at radius 1 is 1.50 bits per heavy atom. The maximum absolute atomic E-state index is 11.1. The van der Waals surface area contributed by atoms with E-state index in [-0.39, 0.29) is 5.69 Å². The first kappa shape index (κ1) is 12.6. The van der Waals surface area contributed by atoms with Gasteiger partial charge in [-0.2, -0.15) is 0 Å². The molecule has 0 saturated carbocycles. The van der Waals surface area contributed by atoms with Crippen LogP contribution in [0, 0.1) is 0 Å². The van der Waals surface area contributed by atoms with E-state index in [1.54, 1.807) is 6.07 Å². The first-order valence-corrected chi connectivity index (χ1v) is 4.94. The summed E-state index contributed by atoms with van der Waals surface area (Å²) in [6, 6.07) is 3.20. The van der Waals surface area contributed by atoms with Crippen LogP contribution in [0.1, 0.15) is 23.0 Å². The Morgan fingerprint density at radius 2 is 2.19 bits per heavy atom. The highest BCUT2D eigenvalue weighted by Crippen LogP contribution is 2.06. The van der Waals surface area contributed by atoms with Gasteiger partial charge in [-0.1, -0.05) is 6.07 Å². The highest BCUT2D eigenvalue weighted by molar-refractivity contribution is 5.86. The largest absolute Gasteiger partial charge is 0.464 e. The minimum absolute atomic E-state index is 0.220. The summed E-state index contributed by atoms with van der Waals surface area (Å²) in [5, 5.41) is 18.6. The van der Waals surface area contributed by atoms with Gasteiger partial charge in [-0.25, -0.2) is 9.78 Å². The predicted octanol–water partition coefficient (Wildman–Crippen LogP) is 0.152. The van der Waals surface area contributed by atoms with Crippen molar-refractivity contribution in [3.63, 3.8) is 0 Å². The van der Waals surface area contributed by atoms with Gasteiger partial charge in [-0.05, 0) is 18.6 Å². The van der Waals surface area contributed by atoms with Gasteiger partial charge in [0, 0.05) is 12.6 Å². The minimum Gasteiger partial charge on any atom is -0.464 e. The molecule has 16 heavy (non-hydrogen) atoms. The number of methoxy groups -OCH3 is 1. The van der Waals surface area contributed by atoms with Crippen LogP contribution >= 0.6 is 0 Å². The maximum Gasteiger partial charge on any atom is 0.356 e. The number of aliphatic hydroxyl groups excluding tert-OH is 2. The lowest BCUT2D eigenvalue weighted by molar-refractivity contribution is 0.0319. The molecule has 0 aromatic carbocycles. The van der Waals surface area contributed by atoms with Crippen molar-refractivity contribution in [1.29, 1.82) is 0 Å². The van der Waals surface area contributed by atoms with Crippen molar-refractivity contribution in [2.45, 2.75) is 25.6 Å². The number of hydrogen-bond donors (Lipinski definition) is 2. The third-order valence-corrected chi connectivity index (χ3v) is 2.22. The van der Waals surface area contributed by atoms with Gasteiger partial charge in [0.2, 0.25) is 0 Å². The summed E-state index contributed by atoms with van der Waals surface area (Å²) >= 11 is 0. The zero-order valence-corrected chi connectivity index (χ0v) is 9.25. The van der Waals surface area contributed by atoms with Crippen molar-refractivity contribution >= 4 is 5.97 Å². The van der Waals surface area contributed by atoms with Gasteiger partial charge in [0.05, 0.1) is 19.3 Å². The fourth-order valence-electron chi connectivity index (χ4n) is 1.18. The zero-order chi connectivity index (χ0) is 12.1. The summed E-state index contributed by atoms with van der Waals surface area (Å²) in [4.78, 5) is 15.0. The summed E-state index contributed by atoms with van der Waals surface area (Å²) in [6.07, 6.45) is 0.162. The number of hydrogen-bond acceptors (Lipinski definition) is 5. The number of ether oxygens (including phenoxy) is 1. The number of carbonyl (C=O) groups excluding carboxylic acids is 1. The summed E-state index contributed by atoms with van der Waals surface area (Å²) in [5.41, 5.74) is 0.971. The van der Waals surface area contributed by atoms with Gasteiger partial charge >= 0.3 is 5.97 Å². The van der Waals surface area contributed by atoms with Gasteiger partial charge in [-0.15, -0.1) is 0 Å². The topological polar surface area (TPSA) is 79.7 Å². The molecule has 2 atom stereocenters. The van der Waals surface area contributed by atoms with Crippen LogP contribution in [-0.4, -0.2) is 40.5 Å². The number of nitrogens with zero attached hydrogens (tertiary/aromatic N) is 1. The number of aromatic nitrogens is 1. The van der Waals surface area contributed by atoms with Gasteiger partial charge < -0.3 is 14.9 Å². The summed E-state index contributed by atoms with van der Waals surface area (Å²) in [7, 11) is 1.29. The molecule has 88 valence electrons. The molecular weight excluding hydrogens is 210 g/mol. The number of aliphatic hydroxyl groups is 2. The van der Waals surface area contributed by atoms with Crippen molar-refractivity contribution in [3.05, 3.63) is 29.6 Å². The van der Waals surface area contributed by atoms with Gasteiger partial charge in [-0.3, -0.25) is 0 Å². The van der Waals surface area contributed by atoms with E-state index in [4.69, 9.17) is 5.11 Å². The number of rotatable bonds is 4. The molecule has 0 spiro atoms. The first-order chi connectivity index (χ1) is 7.54. The third-order valence-electron chi connectivity index (χ3n) is 2.22. The summed E-state index contributed by atoms with van der Waals surface area (Å²) < 4.78 is 4.50. The Morgan fingerprint density at radius 3 is 2.62 bits per heavy atom. The molecule has 2 N–H and O–H groups in total. The van der Waals surface area contributed by atoms with Crippen LogP contribution in [0.15, 0.2) is 18.3 Å². The lowest BCUT2D eigenvalue weighted by Crippen LogP contribution is -2.24. The molecule has 0 aliphatic heterocycles. The molecule has 0 aliphatic rings. The lowest BCUT2D eigenvalue weighted by Gasteiger charge is -2.12. The van der Waals surface area contributed by atoms with E-state index in [9.17, 15) is 9.90 Å². The first-order valence-electron chi connectivity index (χ1n) is 4.94. The Labute approximate surface area is 93.7 Å². The molecule has 0 fully saturated rings. The Balaban J connectivity index is 2.68. The second kappa shape index (κ2) is 5.58. The molecule has 0 radical (unpaired) electrons. The Kier molecular flexibility index (Phi) is 4.39. The second-order valence-electron chi connectivity index (χ2n) is 3.56. The molecule has 0 bridgehead atoms. The quantitative estimate of drug-likeness (QED) is 0.713. The van der Waals surface area contributed by atoms with Crippen molar-refractivity contribution in [1.82, 2.24) is 4.98 Å². The van der Waals surface area contributed by atoms with Crippen LogP contribution in [0.5, 0.6) is 0 Å². The van der Waals surface area contributed by atoms with Crippen molar-refractivity contribution < 1.29 is 19.7 Å². The highest BCUT2D eigenvalue weighted by Gasteiger charge is 2.12. The van der Waals surface area contributed by atoms with Crippen molar-refractivity contribution in [3.8, 4) is 0 Å². The van der Waals surface area contributed by atoms with Gasteiger partial charge in [0.1, 0.15) is 5.69 Å². The van der Waals surface area contributed by atoms with Gasteiger partial charge in [0.15, 0.2) is 0 Å². The van der Waals surface area contributed by atoms with Crippen LogP contribution < -0.4 is 0 Å². The monoisotopic (exact) mass is 225 g/mol. The van der Waals surface area contributed by atoms with E-state index in [1.807, 2.05) is 0 Å². The SMILES string of the molecule is COC(=O)c1ccc(CC(O)C(C)O)cn1. The molecule has 5 nitrogen and oxygen atoms in total. The molecular formula is C11H15NO4. The van der Waals surface area contributed by atoms with Crippen molar-refractivity contribution in [2.24, 2.45) is 0 Å². The number of esters is 1. The van der Waals surface area contributed by atoms with Crippen LogP contribution in [0.25, 0.3) is 0 Å². The molecule has 1 heterocycles. The molecule has 0 saturated heterocycles. The van der Waals surface area contributed by atoms with Crippen LogP contribution in [0.4, 0.5) is 0 Å². The van der Waals surface area contributed by atoms with E-state index in [2.05, 4.69) is 9.72 Å². The summed E-state index contributed by atoms with van der Waals surface area (Å²) in [6.45, 7) is 1.51. The van der Waals surface area contributed by atoms with Crippen molar-refractivity contribution in [2.75, 3.05) is 7.11 Å². The van der Waals surface area contributed by atoms with Crippen LogP contribution in [0.2, 0.25) is 0 Å².